The fourth-order valence-electron chi connectivity index (χ4n) is 0.145. The second-order valence-electron chi connectivity index (χ2n) is 0.930. The van der Waals surface area contributed by atoms with Crippen molar-refractivity contribution in [3.05, 3.63) is 10.4 Å². The van der Waals surface area contributed by atoms with Gasteiger partial charge in [0.05, 0.1) is 6.67 Å². The van der Waals surface area contributed by atoms with Crippen molar-refractivity contribution in [1.82, 2.24) is 5.32 Å². The molecule has 0 saturated heterocycles. The fourth-order valence-corrected chi connectivity index (χ4v) is 0.209. The summed E-state index contributed by atoms with van der Waals surface area (Å²) in [6.07, 6.45) is 0. The van der Waals surface area contributed by atoms with Gasteiger partial charge in [-0.15, -0.1) is 0 Å². The molecule has 0 amide bonds. The van der Waals surface area contributed by atoms with Crippen LogP contribution in [0.5, 0.6) is 0 Å². The molecule has 0 unspecified atom stereocenters. The first-order valence-corrected chi connectivity index (χ1v) is 2.22. The molecule has 8 heavy (non-hydrogen) atoms. The molecule has 0 spiro atoms. The van der Waals surface area contributed by atoms with Gasteiger partial charge in [-0.2, -0.15) is 0 Å². The number of nitrogens with zero attached hydrogens (tertiary/aromatic N) is 3. The highest BCUT2D eigenvalue weighted by Gasteiger charge is 1.78. The summed E-state index contributed by atoms with van der Waals surface area (Å²) in [7, 11) is 0. The Hall–Kier alpha value is -1.00. The average molecular weight is 131 g/mol. The van der Waals surface area contributed by atoms with Crippen molar-refractivity contribution in [2.75, 3.05) is 6.67 Å². The molecule has 0 aliphatic carbocycles. The van der Waals surface area contributed by atoms with Crippen molar-refractivity contribution >= 4 is 17.3 Å². The third-order valence-corrected chi connectivity index (χ3v) is 0.532. The third-order valence-electron chi connectivity index (χ3n) is 0.387. The molecule has 44 valence electrons. The van der Waals surface area contributed by atoms with Crippen LogP contribution in [0.4, 0.5) is 0 Å². The van der Waals surface area contributed by atoms with Crippen molar-refractivity contribution in [1.29, 1.82) is 0 Å². The van der Waals surface area contributed by atoms with Gasteiger partial charge in [-0.3, -0.25) is 0 Å². The lowest BCUT2D eigenvalue weighted by Gasteiger charge is -1.93. The van der Waals surface area contributed by atoms with Gasteiger partial charge in [-0.05, 0) is 17.7 Å². The molecule has 0 aromatic carbocycles. The number of nitrogens with two attached hydrogens (primary N) is 1. The van der Waals surface area contributed by atoms with Crippen LogP contribution in [-0.2, 0) is 0 Å². The molecule has 0 rings (SSSR count). The first-order valence-electron chi connectivity index (χ1n) is 1.81. The molecular formula is C2H5N5S. The highest BCUT2D eigenvalue weighted by atomic mass is 32.1. The van der Waals surface area contributed by atoms with Crippen molar-refractivity contribution in [3.8, 4) is 0 Å². The molecule has 0 heterocycles. The molecule has 5 nitrogen and oxygen atoms in total. The lowest BCUT2D eigenvalue weighted by Crippen LogP contribution is -2.28. The average Bonchev–Trinajstić information content (AvgIpc) is 1.66. The van der Waals surface area contributed by atoms with E-state index in [1.807, 2.05) is 0 Å². The van der Waals surface area contributed by atoms with Gasteiger partial charge in [0.1, 0.15) is 0 Å². The molecule has 0 aliphatic rings. The van der Waals surface area contributed by atoms with Crippen molar-refractivity contribution in [2.45, 2.75) is 0 Å². The number of thiocarbonyl (C=S) groups is 1. The first-order chi connectivity index (χ1) is 3.77. The number of hydrogen-bond acceptors (Lipinski definition) is 2. The highest BCUT2D eigenvalue weighted by molar-refractivity contribution is 7.80. The predicted molar refractivity (Wildman–Crippen MR) is 33.9 cm³/mol. The Kier molecular flexibility index (Phi) is 3.65. The van der Waals surface area contributed by atoms with Gasteiger partial charge >= 0.3 is 0 Å². The molecule has 0 aliphatic heterocycles. The van der Waals surface area contributed by atoms with Crippen molar-refractivity contribution in [2.24, 2.45) is 10.8 Å². The zero-order valence-electron chi connectivity index (χ0n) is 4.03. The smallest absolute Gasteiger partial charge is 0.163 e. The van der Waals surface area contributed by atoms with E-state index >= 15 is 0 Å². The van der Waals surface area contributed by atoms with E-state index < -0.39 is 0 Å². The highest BCUT2D eigenvalue weighted by Crippen LogP contribution is 1.63. The van der Waals surface area contributed by atoms with Crippen LogP contribution in [0.3, 0.4) is 0 Å². The minimum Gasteiger partial charge on any atom is -0.376 e. The fraction of sp³-hybridized carbons (Fsp3) is 0.500. The summed E-state index contributed by atoms with van der Waals surface area (Å²) in [6.45, 7) is 0.117. The second-order valence-corrected chi connectivity index (χ2v) is 1.37. The SMILES string of the molecule is [N-]=[N+]=NCNC(N)=S. The maximum atomic E-state index is 7.71. The van der Waals surface area contributed by atoms with Crippen molar-refractivity contribution in [3.63, 3.8) is 0 Å². The predicted octanol–water partition coefficient (Wildman–Crippen LogP) is 0.0874. The summed E-state index contributed by atoms with van der Waals surface area (Å²) in [5.74, 6) is 0. The summed E-state index contributed by atoms with van der Waals surface area (Å²) in [5.41, 5.74) is 12.7. The lowest BCUT2D eigenvalue weighted by molar-refractivity contribution is 0.920. The molecule has 0 radical (unpaired) electrons. The van der Waals surface area contributed by atoms with E-state index in [1.54, 1.807) is 0 Å². The summed E-state index contributed by atoms with van der Waals surface area (Å²) in [4.78, 5) is 2.45. The zero-order chi connectivity index (χ0) is 6.41. The second kappa shape index (κ2) is 4.17. The molecule has 0 bridgehead atoms. The van der Waals surface area contributed by atoms with Crippen LogP contribution in [-0.4, -0.2) is 11.8 Å². The summed E-state index contributed by atoms with van der Waals surface area (Å²) < 4.78 is 0. The molecule has 0 atom stereocenters. The van der Waals surface area contributed by atoms with E-state index in [1.165, 1.54) is 0 Å². The van der Waals surface area contributed by atoms with E-state index in [0.717, 1.165) is 0 Å². The quantitative estimate of drug-likeness (QED) is 0.241. The van der Waals surface area contributed by atoms with E-state index in [9.17, 15) is 0 Å². The molecule has 0 saturated carbocycles. The largest absolute Gasteiger partial charge is 0.376 e. The minimum absolute atomic E-state index is 0.117. The van der Waals surface area contributed by atoms with E-state index in [2.05, 4.69) is 27.6 Å². The molecule has 6 heteroatoms. The Balaban J connectivity index is 3.18. The molecule has 0 aromatic heterocycles. The molecule has 0 fully saturated rings. The number of nitrogens with one attached hydrogen (secondary N) is 1. The Morgan fingerprint density at radius 2 is 2.62 bits per heavy atom. The van der Waals surface area contributed by atoms with Crippen LogP contribution in [0.2, 0.25) is 0 Å². The Labute approximate surface area is 51.5 Å². The number of azide groups is 1. The lowest BCUT2D eigenvalue weighted by atomic mass is 11.0. The van der Waals surface area contributed by atoms with Crippen LogP contribution in [0.25, 0.3) is 10.4 Å². The number of hydrogen-bond donors (Lipinski definition) is 2. The van der Waals surface area contributed by atoms with Gasteiger partial charge in [0.15, 0.2) is 5.11 Å². The first kappa shape index (κ1) is 7.00. The van der Waals surface area contributed by atoms with Gasteiger partial charge in [0, 0.05) is 4.91 Å². The maximum Gasteiger partial charge on any atom is 0.163 e. The Morgan fingerprint density at radius 3 is 3.00 bits per heavy atom. The minimum atomic E-state index is 0.117. The monoisotopic (exact) mass is 131 g/mol. The van der Waals surface area contributed by atoms with Gasteiger partial charge in [0.25, 0.3) is 0 Å². The van der Waals surface area contributed by atoms with Crippen LogP contribution in [0.1, 0.15) is 0 Å². The normalized spacial score (nSPS) is 7.00. The topological polar surface area (TPSA) is 86.8 Å². The molecule has 3 N–H and O–H groups in total. The molecule has 0 aromatic rings. The van der Waals surface area contributed by atoms with Crippen LogP contribution in [0, 0.1) is 0 Å². The zero-order valence-corrected chi connectivity index (χ0v) is 4.85. The number of rotatable bonds is 2. The van der Waals surface area contributed by atoms with E-state index in [-0.39, 0.29) is 11.8 Å². The van der Waals surface area contributed by atoms with Gasteiger partial charge in [-0.25, -0.2) is 0 Å². The summed E-state index contributed by atoms with van der Waals surface area (Å²) >= 11 is 4.39. The van der Waals surface area contributed by atoms with Gasteiger partial charge < -0.3 is 11.1 Å². The summed E-state index contributed by atoms with van der Waals surface area (Å²) in [6, 6.07) is 0. The molecular weight excluding hydrogens is 126 g/mol. The van der Waals surface area contributed by atoms with Gasteiger partial charge in [0.2, 0.25) is 0 Å². The van der Waals surface area contributed by atoms with Gasteiger partial charge in [-0.1, -0.05) is 5.11 Å². The van der Waals surface area contributed by atoms with Crippen molar-refractivity contribution < 1.29 is 0 Å². The van der Waals surface area contributed by atoms with E-state index in [0.29, 0.717) is 0 Å². The van der Waals surface area contributed by atoms with E-state index in [4.69, 9.17) is 11.3 Å². The summed E-state index contributed by atoms with van der Waals surface area (Å²) in [5, 5.41) is 5.69. The standard InChI is InChI=1S/C2H5N5S/c3-2(8)5-1-6-7-4/h1H2,(H3,3,5,8). The maximum absolute atomic E-state index is 7.71. The Morgan fingerprint density at radius 1 is 2.00 bits per heavy atom. The van der Waals surface area contributed by atoms with Crippen LogP contribution >= 0.6 is 12.2 Å². The van der Waals surface area contributed by atoms with Crippen LogP contribution < -0.4 is 11.1 Å². The Bertz CT molecular complexity index is 122. The third kappa shape index (κ3) is 5.00. The van der Waals surface area contributed by atoms with Crippen LogP contribution in [0.15, 0.2) is 5.11 Å².